The van der Waals surface area contributed by atoms with Crippen molar-refractivity contribution in [2.45, 2.75) is 84.5 Å². The number of ketones is 2. The van der Waals surface area contributed by atoms with Crippen molar-refractivity contribution in [2.75, 3.05) is 6.61 Å². The zero-order valence-corrected chi connectivity index (χ0v) is 18.9. The Balaban J connectivity index is 0.00000193. The quantitative estimate of drug-likeness (QED) is 0.464. The minimum atomic E-state index is -1.04. The van der Waals surface area contributed by atoms with Gasteiger partial charge in [0, 0.05) is 18.8 Å². The van der Waals surface area contributed by atoms with Crippen LogP contribution in [0.1, 0.15) is 84.5 Å². The Kier molecular flexibility index (Phi) is 10.3. The summed E-state index contributed by atoms with van der Waals surface area (Å²) < 4.78 is 5.11. The molecule has 0 spiro atoms. The number of carboxylic acid groups (broad SMARTS) is 1. The van der Waals surface area contributed by atoms with Gasteiger partial charge in [-0.3, -0.25) is 19.2 Å². The third-order valence-corrected chi connectivity index (χ3v) is 9.79. The Morgan fingerprint density at radius 3 is 2.33 bits per heavy atom. The number of carboxylic acids is 1. The fraction of sp³-hybridized carbons (Fsp3) is 0.840. The topological polar surface area (TPSA) is 97.7 Å². The summed E-state index contributed by atoms with van der Waals surface area (Å²) in [6, 6.07) is 0. The van der Waals surface area contributed by atoms with Crippen molar-refractivity contribution < 1.29 is 29.0 Å². The Hall–Kier alpha value is 0.280. The zero-order valence-electron chi connectivity index (χ0n) is 18.9. The van der Waals surface area contributed by atoms with E-state index in [0.29, 0.717) is 29.5 Å². The van der Waals surface area contributed by atoms with E-state index < -0.39 is 11.9 Å². The summed E-state index contributed by atoms with van der Waals surface area (Å²) >= 11 is 0. The Labute approximate surface area is 241 Å². The van der Waals surface area contributed by atoms with Gasteiger partial charge in [0.2, 0.25) is 0 Å². The monoisotopic (exact) mass is 480 g/mol. The Bertz CT molecular complexity index is 785. The molecular weight excluding hydrogens is 442 g/mol. The molecule has 4 aliphatic rings. The van der Waals surface area contributed by atoms with E-state index in [1.807, 2.05) is 0 Å². The molecule has 1 N–H and O–H groups in total. The van der Waals surface area contributed by atoms with Gasteiger partial charge in [-0.2, -0.15) is 0 Å². The van der Waals surface area contributed by atoms with Crippen LogP contribution in [0.5, 0.6) is 0 Å². The summed E-state index contributed by atoms with van der Waals surface area (Å²) in [6.45, 7) is 4.47. The third kappa shape index (κ3) is 5.67. The molecule has 0 unspecified atom stereocenters. The number of rotatable bonds is 6. The zero-order chi connectivity index (χ0) is 22.4. The number of esters is 1. The van der Waals surface area contributed by atoms with Crippen molar-refractivity contribution in [1.82, 2.24) is 0 Å². The molecule has 0 aromatic heterocycles. The van der Waals surface area contributed by atoms with Crippen molar-refractivity contribution in [3.63, 3.8) is 0 Å². The molecule has 176 valence electrons. The van der Waals surface area contributed by atoms with Crippen LogP contribution in [0.15, 0.2) is 0 Å². The Morgan fingerprint density at radius 2 is 1.64 bits per heavy atom. The molecule has 0 aromatic rings. The van der Waals surface area contributed by atoms with Crippen LogP contribution in [-0.4, -0.2) is 94.3 Å². The minimum absolute atomic E-state index is 0. The number of hydrogen-bond acceptors (Lipinski definition) is 5. The average molecular weight is 481 g/mol. The van der Waals surface area contributed by atoms with Crippen molar-refractivity contribution in [3.8, 4) is 0 Å². The molecule has 4 saturated carbocycles. The van der Waals surface area contributed by atoms with Gasteiger partial charge in [-0.05, 0) is 79.4 Å². The molecule has 8 heteroatoms. The van der Waals surface area contributed by atoms with Crippen molar-refractivity contribution >= 4 is 82.6 Å². The van der Waals surface area contributed by atoms with Crippen LogP contribution in [0.2, 0.25) is 0 Å². The predicted octanol–water partition coefficient (Wildman–Crippen LogP) is 2.89. The number of fused-ring (bicyclic) bond motifs is 5. The van der Waals surface area contributed by atoms with Gasteiger partial charge in [0.1, 0.15) is 12.4 Å². The number of ether oxygens (including phenoxy) is 1. The van der Waals surface area contributed by atoms with Crippen molar-refractivity contribution in [1.29, 1.82) is 0 Å². The number of aliphatic carboxylic acids is 1. The van der Waals surface area contributed by atoms with Gasteiger partial charge in [-0.25, -0.2) is 0 Å². The SMILES string of the molecule is C[C@]12CCC(=O)C[C@H]1CC[C@@H]1[C@@H]2CC[C@]2(C)[C@@H](C(=O)COC(=O)CCC(=O)O)CC[C@@H]12.[NaH].[NaH]. The van der Waals surface area contributed by atoms with Gasteiger partial charge in [0.05, 0.1) is 12.8 Å². The first-order valence-corrected chi connectivity index (χ1v) is 12.1. The second-order valence-corrected chi connectivity index (χ2v) is 11.1. The van der Waals surface area contributed by atoms with E-state index in [-0.39, 0.29) is 101 Å². The second-order valence-electron chi connectivity index (χ2n) is 11.1. The number of Topliss-reactive ketones (excluding diaryl/α,β-unsaturated/α-hetero) is 2. The normalized spacial score (nSPS) is 39.1. The molecule has 0 heterocycles. The molecule has 4 aliphatic carbocycles. The standard InChI is InChI=1S/C25H36O6.2Na.2H/c1-24-11-9-16(26)13-15(24)3-4-17-18-5-6-20(25(18,2)12-10-19(17)24)21(27)14-31-23(30)8-7-22(28)29;;;;/h15,17-20H,3-14H2,1-2H3,(H,28,29);;;;/t15-,17+,18+,19+,20-,24+,25+;;;;/m1..../s1. The van der Waals surface area contributed by atoms with Gasteiger partial charge in [-0.15, -0.1) is 0 Å². The summed E-state index contributed by atoms with van der Waals surface area (Å²) in [4.78, 5) is 47.4. The van der Waals surface area contributed by atoms with E-state index in [0.717, 1.165) is 51.4 Å². The van der Waals surface area contributed by atoms with Crippen molar-refractivity contribution in [3.05, 3.63) is 0 Å². The van der Waals surface area contributed by atoms with Crippen LogP contribution in [-0.2, 0) is 23.9 Å². The van der Waals surface area contributed by atoms with Crippen LogP contribution in [0, 0.1) is 40.4 Å². The number of carbonyl (C=O) groups is 4. The van der Waals surface area contributed by atoms with Gasteiger partial charge >= 0.3 is 71.1 Å². The first kappa shape index (κ1) is 29.5. The molecule has 0 saturated heterocycles. The summed E-state index contributed by atoms with van der Waals surface area (Å²) in [7, 11) is 0. The second kappa shape index (κ2) is 11.6. The molecule has 0 amide bonds. The number of carbonyl (C=O) groups excluding carboxylic acids is 3. The maximum atomic E-state index is 13.0. The van der Waals surface area contributed by atoms with E-state index in [2.05, 4.69) is 13.8 Å². The predicted molar refractivity (Wildman–Crippen MR) is 127 cm³/mol. The molecule has 4 rings (SSSR count). The van der Waals surface area contributed by atoms with Crippen LogP contribution in [0.25, 0.3) is 0 Å². The molecule has 0 bridgehead atoms. The Morgan fingerprint density at radius 1 is 0.939 bits per heavy atom. The first-order chi connectivity index (χ1) is 14.6. The first-order valence-electron chi connectivity index (χ1n) is 12.1. The average Bonchev–Trinajstić information content (AvgIpc) is 3.08. The molecular formula is C25H38Na2O6. The van der Waals surface area contributed by atoms with E-state index in [1.165, 1.54) is 6.42 Å². The van der Waals surface area contributed by atoms with E-state index in [1.54, 1.807) is 0 Å². The molecule has 33 heavy (non-hydrogen) atoms. The summed E-state index contributed by atoms with van der Waals surface area (Å²) in [5.41, 5.74) is 0.222. The molecule has 0 aliphatic heterocycles. The summed E-state index contributed by atoms with van der Waals surface area (Å²) in [5, 5.41) is 8.68. The molecule has 6 nitrogen and oxygen atoms in total. The number of hydrogen-bond donors (Lipinski definition) is 1. The van der Waals surface area contributed by atoms with E-state index >= 15 is 0 Å². The van der Waals surface area contributed by atoms with Gasteiger partial charge < -0.3 is 9.84 Å². The van der Waals surface area contributed by atoms with Gasteiger partial charge in [0.25, 0.3) is 0 Å². The molecule has 0 aromatic carbocycles. The summed E-state index contributed by atoms with van der Waals surface area (Å²) in [5.74, 6) is 1.03. The summed E-state index contributed by atoms with van der Waals surface area (Å²) in [6.07, 6.45) is 8.41. The molecule has 0 radical (unpaired) electrons. The van der Waals surface area contributed by atoms with Gasteiger partial charge in [0.15, 0.2) is 5.78 Å². The fourth-order valence-corrected chi connectivity index (χ4v) is 8.11. The fourth-order valence-electron chi connectivity index (χ4n) is 8.11. The van der Waals surface area contributed by atoms with E-state index in [9.17, 15) is 19.2 Å². The van der Waals surface area contributed by atoms with Crippen LogP contribution < -0.4 is 0 Å². The molecule has 4 fully saturated rings. The third-order valence-electron chi connectivity index (χ3n) is 9.79. The molecule has 7 atom stereocenters. The maximum absolute atomic E-state index is 13.0. The van der Waals surface area contributed by atoms with Crippen LogP contribution >= 0.6 is 0 Å². The van der Waals surface area contributed by atoms with Crippen LogP contribution in [0.3, 0.4) is 0 Å². The van der Waals surface area contributed by atoms with E-state index in [4.69, 9.17) is 9.84 Å². The van der Waals surface area contributed by atoms with Crippen LogP contribution in [0.4, 0.5) is 0 Å². The van der Waals surface area contributed by atoms with Gasteiger partial charge in [-0.1, -0.05) is 13.8 Å². The van der Waals surface area contributed by atoms with Crippen molar-refractivity contribution in [2.24, 2.45) is 40.4 Å².